The summed E-state index contributed by atoms with van der Waals surface area (Å²) >= 11 is 2.67. The van der Waals surface area contributed by atoms with Gasteiger partial charge in [-0.1, -0.05) is 41.6 Å². The highest BCUT2D eigenvalue weighted by molar-refractivity contribution is 8.00. The van der Waals surface area contributed by atoms with Crippen LogP contribution < -0.4 is 4.74 Å². The van der Waals surface area contributed by atoms with Gasteiger partial charge in [-0.3, -0.25) is 0 Å². The Morgan fingerprint density at radius 3 is 2.35 bits per heavy atom. The van der Waals surface area contributed by atoms with Crippen LogP contribution in [0.4, 0.5) is 0 Å². The van der Waals surface area contributed by atoms with Crippen LogP contribution in [0.5, 0.6) is 5.75 Å². The summed E-state index contributed by atoms with van der Waals surface area (Å²) in [6, 6.07) is 15.6. The number of aliphatic hydroxyl groups excluding tert-OH is 4. The maximum absolute atomic E-state index is 10.2. The molecule has 1 saturated heterocycles. The summed E-state index contributed by atoms with van der Waals surface area (Å²) in [6.45, 7) is 1.72. The Bertz CT molecular complexity index is 722. The lowest BCUT2D eigenvalue weighted by molar-refractivity contribution is -0.0912. The zero-order chi connectivity index (χ0) is 18.7. The number of rotatable bonds is 5. The van der Waals surface area contributed by atoms with E-state index in [0.29, 0.717) is 5.75 Å². The van der Waals surface area contributed by atoms with Gasteiger partial charge in [0, 0.05) is 4.90 Å². The molecule has 1 aliphatic heterocycles. The summed E-state index contributed by atoms with van der Waals surface area (Å²) in [4.78, 5) is 1.94. The number of benzene rings is 2. The van der Waals surface area contributed by atoms with Crippen LogP contribution in [0.2, 0.25) is 0 Å². The Morgan fingerprint density at radius 1 is 0.962 bits per heavy atom. The Hall–Kier alpha value is -1.22. The zero-order valence-electron chi connectivity index (χ0n) is 14.2. The van der Waals surface area contributed by atoms with E-state index in [4.69, 9.17) is 4.74 Å². The lowest BCUT2D eigenvalue weighted by atomic mass is 10.0. The molecule has 2 aromatic rings. The molecule has 1 fully saturated rings. The predicted octanol–water partition coefficient (Wildman–Crippen LogP) is 2.04. The summed E-state index contributed by atoms with van der Waals surface area (Å²) in [5, 5.41) is 39.0. The predicted molar refractivity (Wildman–Crippen MR) is 103 cm³/mol. The standard InChI is InChI=1S/C19H22O5S2/c1-11-6-8-12(9-7-11)25-14-5-3-2-4-13(14)24-19-18(23)17(22)16(21)15(10-20)26-19/h2-9,15-23H,10H2,1H3/t15-,16-,17+,18-,19-/m1/s1. The summed E-state index contributed by atoms with van der Waals surface area (Å²) in [6.07, 6.45) is -3.82. The molecule has 0 unspecified atom stereocenters. The molecular weight excluding hydrogens is 372 g/mol. The first-order valence-electron chi connectivity index (χ1n) is 8.30. The number of hydrogen-bond donors (Lipinski definition) is 4. The third-order valence-electron chi connectivity index (χ3n) is 4.19. The lowest BCUT2D eigenvalue weighted by Crippen LogP contribution is -2.55. The third kappa shape index (κ3) is 4.36. The largest absolute Gasteiger partial charge is 0.476 e. The molecule has 26 heavy (non-hydrogen) atoms. The lowest BCUT2D eigenvalue weighted by Gasteiger charge is -2.39. The molecule has 1 aliphatic rings. The van der Waals surface area contributed by atoms with Gasteiger partial charge < -0.3 is 25.2 Å². The van der Waals surface area contributed by atoms with Crippen molar-refractivity contribution in [3.63, 3.8) is 0 Å². The van der Waals surface area contributed by atoms with Gasteiger partial charge in [-0.2, -0.15) is 0 Å². The van der Waals surface area contributed by atoms with Gasteiger partial charge in [0.25, 0.3) is 0 Å². The Kier molecular flexibility index (Phi) is 6.50. The minimum absolute atomic E-state index is 0.310. The Morgan fingerprint density at radius 2 is 1.65 bits per heavy atom. The normalized spacial score (nSPS) is 28.7. The van der Waals surface area contributed by atoms with Crippen molar-refractivity contribution < 1.29 is 25.2 Å². The quantitative estimate of drug-likeness (QED) is 0.617. The van der Waals surface area contributed by atoms with E-state index in [9.17, 15) is 20.4 Å². The van der Waals surface area contributed by atoms with Crippen molar-refractivity contribution in [3.05, 3.63) is 54.1 Å². The van der Waals surface area contributed by atoms with E-state index >= 15 is 0 Å². The fourth-order valence-corrected chi connectivity index (χ4v) is 4.78. The molecule has 0 radical (unpaired) electrons. The number of aryl methyl sites for hydroxylation is 1. The van der Waals surface area contributed by atoms with Gasteiger partial charge in [0.2, 0.25) is 0 Å². The molecule has 7 heteroatoms. The fraction of sp³-hybridized carbons (Fsp3) is 0.368. The van der Waals surface area contributed by atoms with E-state index in [-0.39, 0.29) is 6.61 Å². The van der Waals surface area contributed by atoms with Crippen molar-refractivity contribution in [2.24, 2.45) is 0 Å². The van der Waals surface area contributed by atoms with Gasteiger partial charge in [-0.15, -0.1) is 11.8 Å². The van der Waals surface area contributed by atoms with Gasteiger partial charge in [-0.05, 0) is 31.2 Å². The maximum Gasteiger partial charge on any atom is 0.173 e. The van der Waals surface area contributed by atoms with Crippen LogP contribution in [0.1, 0.15) is 5.56 Å². The van der Waals surface area contributed by atoms with E-state index < -0.39 is 29.0 Å². The van der Waals surface area contributed by atoms with Crippen molar-refractivity contribution in [3.8, 4) is 5.75 Å². The van der Waals surface area contributed by atoms with E-state index in [0.717, 1.165) is 21.6 Å². The van der Waals surface area contributed by atoms with Crippen LogP contribution in [-0.2, 0) is 0 Å². The number of ether oxygens (including phenoxy) is 1. The SMILES string of the molecule is Cc1ccc(Sc2ccccc2O[C@@H]2S[C@H](CO)[C@@H](O)[C@H](O)[C@H]2O)cc1. The number of aliphatic hydroxyl groups is 4. The second-order valence-electron chi connectivity index (χ2n) is 6.18. The molecule has 0 spiro atoms. The van der Waals surface area contributed by atoms with Crippen LogP contribution in [0.15, 0.2) is 58.3 Å². The molecule has 0 aromatic heterocycles. The summed E-state index contributed by atoms with van der Waals surface area (Å²) in [5.41, 5.74) is 0.397. The first kappa shape index (κ1) is 19.5. The second-order valence-corrected chi connectivity index (χ2v) is 8.63. The molecule has 1 heterocycles. The van der Waals surface area contributed by atoms with Gasteiger partial charge in [0.1, 0.15) is 18.0 Å². The third-order valence-corrected chi connectivity index (χ3v) is 6.68. The molecule has 3 rings (SSSR count). The molecule has 0 bridgehead atoms. The van der Waals surface area contributed by atoms with Crippen LogP contribution in [0.25, 0.3) is 0 Å². The first-order valence-corrected chi connectivity index (χ1v) is 10.1. The number of hydrogen-bond acceptors (Lipinski definition) is 7. The molecule has 5 nitrogen and oxygen atoms in total. The van der Waals surface area contributed by atoms with Crippen LogP contribution in [-0.4, -0.2) is 56.0 Å². The van der Waals surface area contributed by atoms with Crippen molar-refractivity contribution >= 4 is 23.5 Å². The minimum Gasteiger partial charge on any atom is -0.476 e. The summed E-state index contributed by atoms with van der Waals surface area (Å²) in [7, 11) is 0. The minimum atomic E-state index is -1.37. The molecule has 5 atom stereocenters. The molecule has 140 valence electrons. The van der Waals surface area contributed by atoms with Gasteiger partial charge in [0.05, 0.1) is 22.9 Å². The van der Waals surface area contributed by atoms with Crippen molar-refractivity contribution in [1.82, 2.24) is 0 Å². The van der Waals surface area contributed by atoms with Crippen molar-refractivity contribution in [2.45, 2.75) is 45.7 Å². The number of thioether (sulfide) groups is 1. The average Bonchev–Trinajstić information content (AvgIpc) is 2.65. The van der Waals surface area contributed by atoms with Gasteiger partial charge in [0.15, 0.2) is 5.44 Å². The van der Waals surface area contributed by atoms with E-state index in [1.165, 1.54) is 5.56 Å². The average molecular weight is 395 g/mol. The molecule has 0 amide bonds. The molecular formula is C19H22O5S2. The van der Waals surface area contributed by atoms with Crippen LogP contribution in [0, 0.1) is 6.92 Å². The topological polar surface area (TPSA) is 90.2 Å². The van der Waals surface area contributed by atoms with E-state index in [1.54, 1.807) is 17.8 Å². The van der Waals surface area contributed by atoms with E-state index in [1.807, 2.05) is 49.4 Å². The Labute approximate surface area is 161 Å². The Balaban J connectivity index is 1.78. The maximum atomic E-state index is 10.2. The molecule has 4 N–H and O–H groups in total. The molecule has 0 aliphatic carbocycles. The van der Waals surface area contributed by atoms with Crippen LogP contribution >= 0.6 is 23.5 Å². The van der Waals surface area contributed by atoms with E-state index in [2.05, 4.69) is 0 Å². The highest BCUT2D eigenvalue weighted by atomic mass is 32.2. The summed E-state index contributed by atoms with van der Waals surface area (Å²) < 4.78 is 5.96. The van der Waals surface area contributed by atoms with Crippen molar-refractivity contribution in [2.75, 3.05) is 6.61 Å². The molecule has 0 saturated carbocycles. The van der Waals surface area contributed by atoms with Gasteiger partial charge >= 0.3 is 0 Å². The summed E-state index contributed by atoms with van der Waals surface area (Å²) in [5.74, 6) is 0.579. The zero-order valence-corrected chi connectivity index (χ0v) is 15.9. The van der Waals surface area contributed by atoms with Crippen molar-refractivity contribution in [1.29, 1.82) is 0 Å². The second kappa shape index (κ2) is 8.65. The number of para-hydroxylation sites is 1. The van der Waals surface area contributed by atoms with Gasteiger partial charge in [-0.25, -0.2) is 0 Å². The van der Waals surface area contributed by atoms with Crippen LogP contribution in [0.3, 0.4) is 0 Å². The highest BCUT2D eigenvalue weighted by Gasteiger charge is 2.44. The smallest absolute Gasteiger partial charge is 0.173 e. The fourth-order valence-electron chi connectivity index (χ4n) is 2.65. The first-order chi connectivity index (χ1) is 12.5. The molecule has 2 aromatic carbocycles. The highest BCUT2D eigenvalue weighted by Crippen LogP contribution is 2.39. The monoisotopic (exact) mass is 394 g/mol.